The molecule has 1 rings (SSSR count). The Labute approximate surface area is 101 Å². The Morgan fingerprint density at radius 3 is 2.71 bits per heavy atom. The normalized spacial score (nSPS) is 11.9. The first-order valence-corrected chi connectivity index (χ1v) is 6.85. The molecule has 1 aromatic heterocycles. The second kappa shape index (κ2) is 5.99. The van der Waals surface area contributed by atoms with E-state index in [-0.39, 0.29) is 17.3 Å². The number of unbranched alkanes of at least 4 members (excludes halogenated alkanes) is 2. The van der Waals surface area contributed by atoms with Crippen LogP contribution in [-0.4, -0.2) is 36.5 Å². The van der Waals surface area contributed by atoms with Crippen molar-refractivity contribution in [3.8, 4) is 0 Å². The molecule has 0 bridgehead atoms. The Balaban J connectivity index is 2.54. The molecule has 0 aliphatic rings. The molecule has 1 aromatic rings. The molecule has 0 amide bonds. The molecule has 17 heavy (non-hydrogen) atoms. The number of aliphatic hydroxyl groups is 1. The first kappa shape index (κ1) is 13.9. The fourth-order valence-electron chi connectivity index (χ4n) is 1.39. The van der Waals surface area contributed by atoms with Gasteiger partial charge in [0.05, 0.1) is 0 Å². The minimum Gasteiger partial charge on any atom is -0.396 e. The zero-order valence-electron chi connectivity index (χ0n) is 9.76. The quantitative estimate of drug-likeness (QED) is 0.571. The van der Waals surface area contributed by atoms with Crippen LogP contribution in [0.4, 0.5) is 5.82 Å². The Hall–Kier alpha value is -1.12. The van der Waals surface area contributed by atoms with Crippen molar-refractivity contribution in [2.24, 2.45) is 7.05 Å². The Morgan fingerprint density at radius 1 is 1.47 bits per heavy atom. The molecule has 1 heterocycles. The molecule has 8 heteroatoms. The summed E-state index contributed by atoms with van der Waals surface area (Å²) in [7, 11) is -1.97. The summed E-state index contributed by atoms with van der Waals surface area (Å²) in [4.78, 5) is 0.00200. The number of aliphatic hydroxyl groups excluding tert-OH is 1. The summed E-state index contributed by atoms with van der Waals surface area (Å²) in [5.41, 5.74) is 5.50. The molecule has 0 atom stereocenters. The van der Waals surface area contributed by atoms with Crippen LogP contribution in [0.1, 0.15) is 19.3 Å². The van der Waals surface area contributed by atoms with Gasteiger partial charge in [0.1, 0.15) is 4.90 Å². The number of rotatable bonds is 7. The van der Waals surface area contributed by atoms with Gasteiger partial charge in [-0.05, 0) is 19.3 Å². The number of nitrogen functional groups attached to an aromatic ring is 1. The maximum absolute atomic E-state index is 11.8. The molecule has 0 saturated heterocycles. The summed E-state index contributed by atoms with van der Waals surface area (Å²) < 4.78 is 27.4. The van der Waals surface area contributed by atoms with Crippen LogP contribution in [-0.2, 0) is 17.1 Å². The molecule has 0 unspecified atom stereocenters. The van der Waals surface area contributed by atoms with E-state index in [2.05, 4.69) is 9.82 Å². The van der Waals surface area contributed by atoms with Crippen molar-refractivity contribution in [1.29, 1.82) is 0 Å². The molecule has 98 valence electrons. The number of nitrogens with two attached hydrogens (primary N) is 1. The second-order valence-electron chi connectivity index (χ2n) is 3.73. The first-order chi connectivity index (χ1) is 7.97. The minimum atomic E-state index is -3.58. The van der Waals surface area contributed by atoms with Gasteiger partial charge in [0.25, 0.3) is 0 Å². The number of nitrogens with zero attached hydrogens (tertiary/aromatic N) is 2. The highest BCUT2D eigenvalue weighted by molar-refractivity contribution is 7.89. The van der Waals surface area contributed by atoms with E-state index in [0.717, 1.165) is 6.42 Å². The van der Waals surface area contributed by atoms with Crippen molar-refractivity contribution >= 4 is 15.8 Å². The zero-order valence-corrected chi connectivity index (χ0v) is 10.6. The fraction of sp³-hybridized carbons (Fsp3) is 0.667. The third-order valence-electron chi connectivity index (χ3n) is 2.24. The Bertz CT molecular complexity index is 455. The highest BCUT2D eigenvalue weighted by Gasteiger charge is 2.19. The van der Waals surface area contributed by atoms with Gasteiger partial charge < -0.3 is 10.8 Å². The van der Waals surface area contributed by atoms with E-state index in [1.54, 1.807) is 7.05 Å². The van der Waals surface area contributed by atoms with Gasteiger partial charge >= 0.3 is 0 Å². The third-order valence-corrected chi connectivity index (χ3v) is 3.72. The van der Waals surface area contributed by atoms with Crippen molar-refractivity contribution < 1.29 is 13.5 Å². The lowest BCUT2D eigenvalue weighted by Crippen LogP contribution is -2.25. The van der Waals surface area contributed by atoms with Crippen LogP contribution in [0.25, 0.3) is 0 Å². The SMILES string of the molecule is Cn1cc(S(=O)(=O)NCCCCCO)c(N)n1. The molecule has 0 aromatic carbocycles. The van der Waals surface area contributed by atoms with Crippen molar-refractivity contribution in [2.75, 3.05) is 18.9 Å². The maximum atomic E-state index is 11.8. The standard InChI is InChI=1S/C9H18N4O3S/c1-13-7-8(9(10)12-13)17(15,16)11-5-3-2-4-6-14/h7,11,14H,2-6H2,1H3,(H2,10,12). The number of aromatic nitrogens is 2. The van der Waals surface area contributed by atoms with Gasteiger partial charge in [0, 0.05) is 26.4 Å². The van der Waals surface area contributed by atoms with Crippen LogP contribution in [0.15, 0.2) is 11.1 Å². The lowest BCUT2D eigenvalue weighted by atomic mass is 10.2. The van der Waals surface area contributed by atoms with Crippen LogP contribution in [0.5, 0.6) is 0 Å². The van der Waals surface area contributed by atoms with E-state index in [1.807, 2.05) is 0 Å². The average Bonchev–Trinajstić information content (AvgIpc) is 2.58. The van der Waals surface area contributed by atoms with Gasteiger partial charge in [-0.15, -0.1) is 0 Å². The number of sulfonamides is 1. The van der Waals surface area contributed by atoms with E-state index in [1.165, 1.54) is 10.9 Å². The van der Waals surface area contributed by atoms with Gasteiger partial charge in [0.15, 0.2) is 5.82 Å². The largest absolute Gasteiger partial charge is 0.396 e. The van der Waals surface area contributed by atoms with Gasteiger partial charge in [0.2, 0.25) is 10.0 Å². The second-order valence-corrected chi connectivity index (χ2v) is 5.47. The molecule has 0 fully saturated rings. The third kappa shape index (κ3) is 3.99. The summed E-state index contributed by atoms with van der Waals surface area (Å²) in [6.07, 6.45) is 3.50. The molecule has 0 saturated carbocycles. The number of aryl methyl sites for hydroxylation is 1. The predicted octanol–water partition coefficient (Wildman–Crippen LogP) is -0.557. The summed E-state index contributed by atoms with van der Waals surface area (Å²) >= 11 is 0. The van der Waals surface area contributed by atoms with Crippen LogP contribution < -0.4 is 10.5 Å². The number of nitrogens with one attached hydrogen (secondary N) is 1. The van der Waals surface area contributed by atoms with E-state index >= 15 is 0 Å². The van der Waals surface area contributed by atoms with E-state index in [9.17, 15) is 8.42 Å². The first-order valence-electron chi connectivity index (χ1n) is 5.37. The van der Waals surface area contributed by atoms with Gasteiger partial charge in [-0.3, -0.25) is 4.68 Å². The molecule has 0 radical (unpaired) electrons. The highest BCUT2D eigenvalue weighted by atomic mass is 32.2. The topological polar surface area (TPSA) is 110 Å². The lowest BCUT2D eigenvalue weighted by molar-refractivity contribution is 0.283. The Kier molecular flexibility index (Phi) is 4.91. The lowest BCUT2D eigenvalue weighted by Gasteiger charge is -2.04. The molecular formula is C9H18N4O3S. The fourth-order valence-corrected chi connectivity index (χ4v) is 2.56. The summed E-state index contributed by atoms with van der Waals surface area (Å²) in [5, 5.41) is 12.4. The van der Waals surface area contributed by atoms with Gasteiger partial charge in [-0.1, -0.05) is 0 Å². The van der Waals surface area contributed by atoms with Crippen molar-refractivity contribution in [3.63, 3.8) is 0 Å². The molecular weight excluding hydrogens is 244 g/mol. The van der Waals surface area contributed by atoms with Crippen molar-refractivity contribution in [3.05, 3.63) is 6.20 Å². The smallest absolute Gasteiger partial charge is 0.245 e. The molecule has 7 nitrogen and oxygen atoms in total. The minimum absolute atomic E-state index is 0.00200. The summed E-state index contributed by atoms with van der Waals surface area (Å²) in [6.45, 7) is 0.457. The monoisotopic (exact) mass is 262 g/mol. The number of anilines is 1. The van der Waals surface area contributed by atoms with Crippen LogP contribution >= 0.6 is 0 Å². The average molecular weight is 262 g/mol. The van der Waals surface area contributed by atoms with Gasteiger partial charge in [-0.2, -0.15) is 5.10 Å². The van der Waals surface area contributed by atoms with Crippen LogP contribution in [0.2, 0.25) is 0 Å². The van der Waals surface area contributed by atoms with Crippen LogP contribution in [0.3, 0.4) is 0 Å². The van der Waals surface area contributed by atoms with Gasteiger partial charge in [-0.25, -0.2) is 13.1 Å². The van der Waals surface area contributed by atoms with E-state index in [0.29, 0.717) is 19.4 Å². The van der Waals surface area contributed by atoms with Crippen molar-refractivity contribution in [2.45, 2.75) is 24.2 Å². The molecule has 0 aliphatic carbocycles. The molecule has 4 N–H and O–H groups in total. The summed E-state index contributed by atoms with van der Waals surface area (Å²) in [5.74, 6) is -0.00430. The molecule has 0 aliphatic heterocycles. The highest BCUT2D eigenvalue weighted by Crippen LogP contribution is 2.14. The van der Waals surface area contributed by atoms with Crippen molar-refractivity contribution in [1.82, 2.24) is 14.5 Å². The Morgan fingerprint density at radius 2 is 2.18 bits per heavy atom. The number of hydrogen-bond donors (Lipinski definition) is 3. The molecule has 0 spiro atoms. The predicted molar refractivity (Wildman–Crippen MR) is 63.7 cm³/mol. The van der Waals surface area contributed by atoms with E-state index in [4.69, 9.17) is 10.8 Å². The summed E-state index contributed by atoms with van der Waals surface area (Å²) in [6, 6.07) is 0. The van der Waals surface area contributed by atoms with E-state index < -0.39 is 10.0 Å². The van der Waals surface area contributed by atoms with Crippen LogP contribution in [0, 0.1) is 0 Å². The maximum Gasteiger partial charge on any atom is 0.245 e. The zero-order chi connectivity index (χ0) is 12.9. The number of hydrogen-bond acceptors (Lipinski definition) is 5.